The van der Waals surface area contributed by atoms with Crippen molar-refractivity contribution in [2.75, 3.05) is 18.5 Å². The second-order valence-electron chi connectivity index (χ2n) is 7.10. The van der Waals surface area contributed by atoms with E-state index in [0.29, 0.717) is 18.1 Å². The van der Waals surface area contributed by atoms with E-state index >= 15 is 0 Å². The van der Waals surface area contributed by atoms with Gasteiger partial charge in [-0.15, -0.1) is 0 Å². The van der Waals surface area contributed by atoms with Gasteiger partial charge in [0.25, 0.3) is 0 Å². The van der Waals surface area contributed by atoms with Crippen LogP contribution < -0.4 is 10.1 Å². The lowest BCUT2D eigenvalue weighted by Crippen LogP contribution is -2.17. The van der Waals surface area contributed by atoms with Crippen LogP contribution >= 0.6 is 0 Å². The first-order valence-electron chi connectivity index (χ1n) is 9.45. The number of anilines is 2. The molecule has 0 amide bonds. The van der Waals surface area contributed by atoms with Crippen molar-refractivity contribution in [3.63, 3.8) is 0 Å². The van der Waals surface area contributed by atoms with Crippen LogP contribution in [-0.4, -0.2) is 34.1 Å². The van der Waals surface area contributed by atoms with Crippen molar-refractivity contribution >= 4 is 17.2 Å². The fourth-order valence-corrected chi connectivity index (χ4v) is 3.70. The Morgan fingerprint density at radius 3 is 2.86 bits per heavy atom. The van der Waals surface area contributed by atoms with Crippen LogP contribution in [0.4, 0.5) is 11.4 Å². The van der Waals surface area contributed by atoms with Gasteiger partial charge in [-0.3, -0.25) is 9.78 Å². The van der Waals surface area contributed by atoms with Gasteiger partial charge in [-0.05, 0) is 30.5 Å². The lowest BCUT2D eigenvalue weighted by Gasteiger charge is -2.18. The molecule has 2 aromatic heterocycles. The van der Waals surface area contributed by atoms with E-state index in [1.54, 1.807) is 12.4 Å². The monoisotopic (exact) mass is 377 g/mol. The van der Waals surface area contributed by atoms with Crippen LogP contribution in [0, 0.1) is 5.92 Å². The predicted octanol–water partition coefficient (Wildman–Crippen LogP) is 3.96. The number of carbonyl (C=O) groups excluding carboxylic acids is 1. The van der Waals surface area contributed by atoms with Crippen LogP contribution in [0.15, 0.2) is 48.8 Å². The molecule has 0 saturated heterocycles. The summed E-state index contributed by atoms with van der Waals surface area (Å²) >= 11 is 0. The molecule has 4 rings (SSSR count). The molecule has 0 bridgehead atoms. The zero-order chi connectivity index (χ0) is 19.5. The Labute approximate surface area is 163 Å². The molecule has 6 heteroatoms. The number of ketones is 1. The minimum absolute atomic E-state index is 0.0827. The number of ether oxygens (including phenoxy) is 1. The summed E-state index contributed by atoms with van der Waals surface area (Å²) in [4.78, 5) is 20.5. The Kier molecular flexibility index (Phi) is 5.12. The number of aromatic amines is 1. The summed E-state index contributed by atoms with van der Waals surface area (Å²) < 4.78 is 5.68. The number of benzene rings is 1. The molecule has 0 spiro atoms. The Hall–Kier alpha value is -3.12. The van der Waals surface area contributed by atoms with Crippen LogP contribution in [0.3, 0.4) is 0 Å². The number of pyridine rings is 1. The molecule has 144 valence electrons. The van der Waals surface area contributed by atoms with E-state index in [1.807, 2.05) is 36.4 Å². The molecule has 1 aliphatic carbocycles. The van der Waals surface area contributed by atoms with Crippen LogP contribution in [0.5, 0.6) is 5.75 Å². The van der Waals surface area contributed by atoms with Crippen molar-refractivity contribution in [1.82, 2.24) is 9.97 Å². The average Bonchev–Trinajstić information content (AvgIpc) is 3.05. The van der Waals surface area contributed by atoms with Gasteiger partial charge in [-0.2, -0.15) is 0 Å². The molecule has 28 heavy (non-hydrogen) atoms. The van der Waals surface area contributed by atoms with Crippen LogP contribution in [0.2, 0.25) is 0 Å². The smallest absolute Gasteiger partial charge is 0.167 e. The topological polar surface area (TPSA) is 87.2 Å². The number of nitrogens with zero attached hydrogens (tertiary/aromatic N) is 1. The van der Waals surface area contributed by atoms with Crippen molar-refractivity contribution in [2.24, 2.45) is 5.92 Å². The van der Waals surface area contributed by atoms with Crippen LogP contribution in [0.25, 0.3) is 11.3 Å². The van der Waals surface area contributed by atoms with E-state index in [9.17, 15) is 4.79 Å². The highest BCUT2D eigenvalue weighted by Gasteiger charge is 2.30. The van der Waals surface area contributed by atoms with Crippen LogP contribution in [-0.2, 0) is 6.42 Å². The molecule has 2 heterocycles. The van der Waals surface area contributed by atoms with E-state index in [0.717, 1.165) is 40.3 Å². The zero-order valence-electron chi connectivity index (χ0n) is 15.7. The van der Waals surface area contributed by atoms with Gasteiger partial charge in [-0.25, -0.2) is 0 Å². The summed E-state index contributed by atoms with van der Waals surface area (Å²) in [6.07, 6.45) is 4.68. The van der Waals surface area contributed by atoms with E-state index in [4.69, 9.17) is 9.84 Å². The first kappa shape index (κ1) is 18.3. The maximum Gasteiger partial charge on any atom is 0.167 e. The maximum absolute atomic E-state index is 12.9. The number of fused-ring (bicyclic) bond motifs is 1. The number of aliphatic hydroxyl groups excluding tert-OH is 1. The summed E-state index contributed by atoms with van der Waals surface area (Å²) in [5.74, 6) is 1.01. The highest BCUT2D eigenvalue weighted by atomic mass is 16.5. The number of Topliss-reactive ketones (excluding diaryl/α,β-unsaturated/α-hetero) is 1. The number of para-hydroxylation sites is 1. The van der Waals surface area contributed by atoms with Gasteiger partial charge >= 0.3 is 0 Å². The fourth-order valence-electron chi connectivity index (χ4n) is 3.70. The van der Waals surface area contributed by atoms with E-state index in [1.165, 1.54) is 0 Å². The molecule has 0 radical (unpaired) electrons. The van der Waals surface area contributed by atoms with Gasteiger partial charge in [0.15, 0.2) is 5.78 Å². The van der Waals surface area contributed by atoms with E-state index in [2.05, 4.69) is 22.2 Å². The number of carbonyl (C=O) groups is 1. The molecule has 3 N–H and O–H groups in total. The number of rotatable bonds is 6. The molecule has 1 unspecified atom stereocenters. The molecule has 0 fully saturated rings. The lowest BCUT2D eigenvalue weighted by atomic mass is 9.87. The molecule has 1 aromatic carbocycles. The molecule has 0 aliphatic heterocycles. The van der Waals surface area contributed by atoms with Gasteiger partial charge in [-0.1, -0.05) is 25.1 Å². The summed E-state index contributed by atoms with van der Waals surface area (Å²) in [6.45, 7) is 2.19. The van der Waals surface area contributed by atoms with Crippen LogP contribution in [0.1, 0.15) is 29.4 Å². The van der Waals surface area contributed by atoms with Gasteiger partial charge in [0.1, 0.15) is 12.4 Å². The zero-order valence-corrected chi connectivity index (χ0v) is 15.7. The summed E-state index contributed by atoms with van der Waals surface area (Å²) in [5, 5.41) is 12.6. The third-order valence-electron chi connectivity index (χ3n) is 4.89. The normalized spacial score (nSPS) is 15.9. The second-order valence-corrected chi connectivity index (χ2v) is 7.10. The Balaban J connectivity index is 1.86. The standard InChI is InChI=1S/C22H23N3O3/c1-14-11-17-20(18(27)12-14)22(24-15-5-3-2-4-6-15)21(25-17)16-7-8-23-13-19(16)28-10-9-26/h2-8,13-14,24-26H,9-12H2,1H3. The number of nitrogens with one attached hydrogen (secondary N) is 2. The van der Waals surface area contributed by atoms with Crippen molar-refractivity contribution in [3.8, 4) is 17.0 Å². The highest BCUT2D eigenvalue weighted by molar-refractivity contribution is 6.07. The summed E-state index contributed by atoms with van der Waals surface area (Å²) in [5.41, 5.74) is 4.94. The van der Waals surface area contributed by atoms with Crippen molar-refractivity contribution in [1.29, 1.82) is 0 Å². The van der Waals surface area contributed by atoms with Crippen molar-refractivity contribution in [2.45, 2.75) is 19.8 Å². The van der Waals surface area contributed by atoms with Crippen molar-refractivity contribution < 1.29 is 14.6 Å². The van der Waals surface area contributed by atoms with Gasteiger partial charge in [0.05, 0.1) is 29.7 Å². The van der Waals surface area contributed by atoms with Gasteiger partial charge in [0.2, 0.25) is 0 Å². The number of hydrogen-bond donors (Lipinski definition) is 3. The minimum atomic E-state index is -0.0827. The highest BCUT2D eigenvalue weighted by Crippen LogP contribution is 2.42. The molecular weight excluding hydrogens is 354 g/mol. The SMILES string of the molecule is CC1CC(=O)c2c([nH]c(-c3ccncc3OCCO)c2Nc2ccccc2)C1. The molecule has 3 aromatic rings. The summed E-state index contributed by atoms with van der Waals surface area (Å²) in [7, 11) is 0. The first-order chi connectivity index (χ1) is 13.7. The molecule has 1 atom stereocenters. The average molecular weight is 377 g/mol. The number of aromatic nitrogens is 2. The van der Waals surface area contributed by atoms with Gasteiger partial charge in [0, 0.05) is 29.6 Å². The second kappa shape index (κ2) is 7.86. The summed E-state index contributed by atoms with van der Waals surface area (Å²) in [6, 6.07) is 11.6. The Bertz CT molecular complexity index is 982. The van der Waals surface area contributed by atoms with Crippen molar-refractivity contribution in [3.05, 3.63) is 60.0 Å². The Morgan fingerprint density at radius 2 is 2.07 bits per heavy atom. The maximum atomic E-state index is 12.9. The van der Waals surface area contributed by atoms with E-state index in [-0.39, 0.29) is 19.0 Å². The quantitative estimate of drug-likeness (QED) is 0.605. The Morgan fingerprint density at radius 1 is 1.25 bits per heavy atom. The lowest BCUT2D eigenvalue weighted by molar-refractivity contribution is 0.0954. The van der Waals surface area contributed by atoms with Gasteiger partial charge < -0.3 is 20.1 Å². The third-order valence-corrected chi connectivity index (χ3v) is 4.89. The number of H-pyrrole nitrogens is 1. The molecule has 1 aliphatic rings. The number of aliphatic hydroxyl groups is 1. The largest absolute Gasteiger partial charge is 0.489 e. The third kappa shape index (κ3) is 3.51. The molecule has 0 saturated carbocycles. The number of hydrogen-bond acceptors (Lipinski definition) is 5. The molecular formula is C22H23N3O3. The molecule has 6 nitrogen and oxygen atoms in total. The first-order valence-corrected chi connectivity index (χ1v) is 9.45. The minimum Gasteiger partial charge on any atom is -0.489 e. The fraction of sp³-hybridized carbons (Fsp3) is 0.273. The predicted molar refractivity (Wildman–Crippen MR) is 108 cm³/mol. The van der Waals surface area contributed by atoms with E-state index < -0.39 is 0 Å².